The maximum Gasteiger partial charge on any atom is 0.220 e. The monoisotopic (exact) mass is 271 g/mol. The average Bonchev–Trinajstić information content (AvgIpc) is 2.99. The molecule has 0 saturated carbocycles. The number of aryl methyl sites for hydroxylation is 1. The predicted molar refractivity (Wildman–Crippen MR) is 79.5 cm³/mol. The molecule has 0 spiro atoms. The van der Waals surface area contributed by atoms with E-state index in [0.29, 0.717) is 25.3 Å². The van der Waals surface area contributed by atoms with E-state index in [9.17, 15) is 4.79 Å². The minimum Gasteiger partial charge on any atom is -0.469 e. The summed E-state index contributed by atoms with van der Waals surface area (Å²) >= 11 is 0. The number of carbonyl (C=O) groups is 1. The van der Waals surface area contributed by atoms with Crippen molar-refractivity contribution >= 4 is 5.91 Å². The first-order chi connectivity index (χ1) is 9.75. The summed E-state index contributed by atoms with van der Waals surface area (Å²) in [5, 5.41) is 2.97. The lowest BCUT2D eigenvalue weighted by Crippen LogP contribution is -2.25. The number of hydrogen-bond donors (Lipinski definition) is 1. The first kappa shape index (κ1) is 14.4. The van der Waals surface area contributed by atoms with E-state index in [0.717, 1.165) is 12.2 Å². The van der Waals surface area contributed by atoms with Crippen molar-refractivity contribution in [1.82, 2.24) is 5.32 Å². The number of nitrogens with one attached hydrogen (secondary N) is 1. The summed E-state index contributed by atoms with van der Waals surface area (Å²) in [6.07, 6.45) is 3.73. The first-order valence-corrected chi connectivity index (χ1v) is 7.09. The van der Waals surface area contributed by atoms with Crippen LogP contribution in [-0.4, -0.2) is 12.5 Å². The van der Waals surface area contributed by atoms with Gasteiger partial charge in [-0.1, -0.05) is 37.3 Å². The third-order valence-electron chi connectivity index (χ3n) is 3.45. The van der Waals surface area contributed by atoms with Crippen LogP contribution in [0.15, 0.2) is 53.1 Å². The first-order valence-electron chi connectivity index (χ1n) is 7.09. The van der Waals surface area contributed by atoms with E-state index in [4.69, 9.17) is 4.42 Å². The summed E-state index contributed by atoms with van der Waals surface area (Å²) in [6, 6.07) is 14.1. The molecule has 106 valence electrons. The predicted octanol–water partition coefficient (Wildman–Crippen LogP) is 3.52. The van der Waals surface area contributed by atoms with Crippen LogP contribution in [0.25, 0.3) is 0 Å². The molecule has 1 unspecified atom stereocenters. The van der Waals surface area contributed by atoms with E-state index in [1.807, 2.05) is 30.3 Å². The third kappa shape index (κ3) is 4.57. The van der Waals surface area contributed by atoms with Gasteiger partial charge in [-0.2, -0.15) is 0 Å². The largest absolute Gasteiger partial charge is 0.469 e. The number of rotatable bonds is 7. The molecule has 0 saturated heterocycles. The summed E-state index contributed by atoms with van der Waals surface area (Å²) in [6.45, 7) is 2.90. The maximum absolute atomic E-state index is 11.7. The van der Waals surface area contributed by atoms with Gasteiger partial charge in [-0.25, -0.2) is 0 Å². The van der Waals surface area contributed by atoms with Gasteiger partial charge in [-0.05, 0) is 30.0 Å². The SMILES string of the molecule is CC(CCNC(=O)CCc1ccco1)c1ccccc1. The Hall–Kier alpha value is -2.03. The highest BCUT2D eigenvalue weighted by atomic mass is 16.3. The van der Waals surface area contributed by atoms with Crippen molar-refractivity contribution < 1.29 is 9.21 Å². The van der Waals surface area contributed by atoms with E-state index in [2.05, 4.69) is 24.4 Å². The normalized spacial score (nSPS) is 12.1. The molecule has 0 fully saturated rings. The molecular formula is C17H21NO2. The Kier molecular flexibility index (Phi) is 5.42. The van der Waals surface area contributed by atoms with Gasteiger partial charge in [-0.3, -0.25) is 4.79 Å². The number of benzene rings is 1. The maximum atomic E-state index is 11.7. The Balaban J connectivity index is 1.64. The zero-order chi connectivity index (χ0) is 14.2. The third-order valence-corrected chi connectivity index (χ3v) is 3.45. The minimum atomic E-state index is 0.0849. The van der Waals surface area contributed by atoms with E-state index >= 15 is 0 Å². The van der Waals surface area contributed by atoms with Gasteiger partial charge < -0.3 is 9.73 Å². The fourth-order valence-corrected chi connectivity index (χ4v) is 2.16. The highest BCUT2D eigenvalue weighted by Crippen LogP contribution is 2.17. The Bertz CT molecular complexity index is 505. The molecule has 20 heavy (non-hydrogen) atoms. The van der Waals surface area contributed by atoms with E-state index < -0.39 is 0 Å². The van der Waals surface area contributed by atoms with Crippen molar-refractivity contribution in [2.75, 3.05) is 6.54 Å². The molecule has 3 nitrogen and oxygen atoms in total. The standard InChI is InChI=1S/C17H21NO2/c1-14(15-6-3-2-4-7-15)11-12-18-17(19)10-9-16-8-5-13-20-16/h2-8,13-14H,9-12H2,1H3,(H,18,19). The zero-order valence-electron chi connectivity index (χ0n) is 11.8. The lowest BCUT2D eigenvalue weighted by atomic mass is 9.98. The zero-order valence-corrected chi connectivity index (χ0v) is 11.8. The summed E-state index contributed by atoms with van der Waals surface area (Å²) in [5.74, 6) is 1.40. The number of carbonyl (C=O) groups excluding carboxylic acids is 1. The van der Waals surface area contributed by atoms with Crippen LogP contribution in [0.1, 0.15) is 37.0 Å². The molecule has 1 atom stereocenters. The van der Waals surface area contributed by atoms with Gasteiger partial charge in [0.05, 0.1) is 6.26 Å². The molecule has 2 rings (SSSR count). The second-order valence-electron chi connectivity index (χ2n) is 5.03. The molecule has 1 aromatic heterocycles. The van der Waals surface area contributed by atoms with Gasteiger partial charge in [-0.15, -0.1) is 0 Å². The Morgan fingerprint density at radius 3 is 2.70 bits per heavy atom. The van der Waals surface area contributed by atoms with E-state index in [1.165, 1.54) is 5.56 Å². The second kappa shape index (κ2) is 7.53. The summed E-state index contributed by atoms with van der Waals surface area (Å²) in [5.41, 5.74) is 1.32. The van der Waals surface area contributed by atoms with Crippen LogP contribution >= 0.6 is 0 Å². The fourth-order valence-electron chi connectivity index (χ4n) is 2.16. The smallest absolute Gasteiger partial charge is 0.220 e. The van der Waals surface area contributed by atoms with Crippen LogP contribution in [0.2, 0.25) is 0 Å². The number of amides is 1. The molecule has 2 aromatic rings. The topological polar surface area (TPSA) is 42.2 Å². The van der Waals surface area contributed by atoms with Crippen LogP contribution in [0, 0.1) is 0 Å². The van der Waals surface area contributed by atoms with Crippen molar-refractivity contribution in [2.45, 2.75) is 32.1 Å². The summed E-state index contributed by atoms with van der Waals surface area (Å²) < 4.78 is 5.20. The summed E-state index contributed by atoms with van der Waals surface area (Å²) in [4.78, 5) is 11.7. The molecule has 1 N–H and O–H groups in total. The van der Waals surface area contributed by atoms with Gasteiger partial charge in [0, 0.05) is 19.4 Å². The molecule has 1 amide bonds. The van der Waals surface area contributed by atoms with Crippen molar-refractivity contribution in [3.8, 4) is 0 Å². The van der Waals surface area contributed by atoms with Crippen LogP contribution in [0.5, 0.6) is 0 Å². The van der Waals surface area contributed by atoms with Crippen LogP contribution in [-0.2, 0) is 11.2 Å². The van der Waals surface area contributed by atoms with Gasteiger partial charge in [0.15, 0.2) is 0 Å². The molecule has 0 aliphatic rings. The molecule has 3 heteroatoms. The molecule has 0 aliphatic heterocycles. The Morgan fingerprint density at radius 2 is 2.00 bits per heavy atom. The molecule has 1 heterocycles. The van der Waals surface area contributed by atoms with Crippen LogP contribution < -0.4 is 5.32 Å². The van der Waals surface area contributed by atoms with Crippen LogP contribution in [0.4, 0.5) is 0 Å². The van der Waals surface area contributed by atoms with Crippen molar-refractivity contribution in [1.29, 1.82) is 0 Å². The highest BCUT2D eigenvalue weighted by molar-refractivity contribution is 5.76. The number of furan rings is 1. The molecule has 1 aromatic carbocycles. The molecular weight excluding hydrogens is 250 g/mol. The van der Waals surface area contributed by atoms with Gasteiger partial charge in [0.1, 0.15) is 5.76 Å². The van der Waals surface area contributed by atoms with Gasteiger partial charge >= 0.3 is 0 Å². The number of hydrogen-bond acceptors (Lipinski definition) is 2. The molecule has 0 bridgehead atoms. The Morgan fingerprint density at radius 1 is 1.20 bits per heavy atom. The Labute approximate surface area is 120 Å². The van der Waals surface area contributed by atoms with Crippen molar-refractivity contribution in [3.05, 3.63) is 60.1 Å². The lowest BCUT2D eigenvalue weighted by Gasteiger charge is -2.12. The van der Waals surface area contributed by atoms with Crippen molar-refractivity contribution in [3.63, 3.8) is 0 Å². The summed E-state index contributed by atoms with van der Waals surface area (Å²) in [7, 11) is 0. The van der Waals surface area contributed by atoms with E-state index in [-0.39, 0.29) is 5.91 Å². The van der Waals surface area contributed by atoms with Crippen molar-refractivity contribution in [2.24, 2.45) is 0 Å². The quantitative estimate of drug-likeness (QED) is 0.837. The fraction of sp³-hybridized carbons (Fsp3) is 0.353. The minimum absolute atomic E-state index is 0.0849. The van der Waals surface area contributed by atoms with Gasteiger partial charge in [0.25, 0.3) is 0 Å². The average molecular weight is 271 g/mol. The molecule has 0 radical (unpaired) electrons. The second-order valence-corrected chi connectivity index (χ2v) is 5.03. The molecule has 0 aliphatic carbocycles. The van der Waals surface area contributed by atoms with E-state index in [1.54, 1.807) is 6.26 Å². The highest BCUT2D eigenvalue weighted by Gasteiger charge is 2.07. The van der Waals surface area contributed by atoms with Crippen LogP contribution in [0.3, 0.4) is 0 Å². The lowest BCUT2D eigenvalue weighted by molar-refractivity contribution is -0.121. The van der Waals surface area contributed by atoms with Gasteiger partial charge in [0.2, 0.25) is 5.91 Å².